The Hall–Kier alpha value is -4.33. The number of aliphatic hydroxyl groups is 1. The fraction of sp³-hybridized carbons (Fsp3) is 0.0370. The van der Waals surface area contributed by atoms with Crippen molar-refractivity contribution in [2.45, 2.75) is 5.60 Å². The topological polar surface area (TPSA) is 107 Å². The van der Waals surface area contributed by atoms with E-state index in [1.807, 2.05) is 0 Å². The first-order valence-corrected chi connectivity index (χ1v) is 11.0. The predicted octanol–water partition coefficient (Wildman–Crippen LogP) is 5.85. The van der Waals surface area contributed by atoms with Crippen molar-refractivity contribution in [2.24, 2.45) is 15.3 Å². The Bertz CT molecular complexity index is 1340. The first-order valence-electron chi connectivity index (χ1n) is 10.6. The molecule has 174 valence electrons. The van der Waals surface area contributed by atoms with Gasteiger partial charge in [0.15, 0.2) is 5.60 Å². The molecule has 7 nitrogen and oxygen atoms in total. The average Bonchev–Trinajstić information content (AvgIpc) is 2.90. The van der Waals surface area contributed by atoms with E-state index in [0.717, 1.165) is 0 Å². The predicted molar refractivity (Wildman–Crippen MR) is 135 cm³/mol. The van der Waals surface area contributed by atoms with E-state index in [1.54, 1.807) is 97.1 Å². The number of rotatable bonds is 7. The number of benzene rings is 4. The lowest BCUT2D eigenvalue weighted by Gasteiger charge is -2.27. The van der Waals surface area contributed by atoms with Crippen molar-refractivity contribution in [1.29, 1.82) is 0 Å². The van der Waals surface area contributed by atoms with Crippen LogP contribution in [0.15, 0.2) is 118 Å². The Labute approximate surface area is 207 Å². The molecule has 0 spiro atoms. The third kappa shape index (κ3) is 5.43. The minimum atomic E-state index is -1.97. The van der Waals surface area contributed by atoms with Gasteiger partial charge in [0.2, 0.25) is 0 Å². The maximum Gasteiger partial charge on any atom is 0.281 e. The van der Waals surface area contributed by atoms with Gasteiger partial charge in [-0.1, -0.05) is 84.4 Å². The lowest BCUT2D eigenvalue weighted by Crippen LogP contribution is -2.43. The molecule has 4 aromatic rings. The van der Waals surface area contributed by atoms with Crippen molar-refractivity contribution >= 4 is 35.1 Å². The van der Waals surface area contributed by atoms with Gasteiger partial charge in [-0.15, -0.1) is 5.11 Å². The van der Waals surface area contributed by atoms with Crippen molar-refractivity contribution in [3.8, 4) is 5.75 Å². The number of nitrogens with zero attached hydrogens (tertiary/aromatic N) is 3. The molecule has 0 bridgehead atoms. The number of azo groups is 1. The molecule has 1 amide bonds. The fourth-order valence-corrected chi connectivity index (χ4v) is 3.55. The highest BCUT2D eigenvalue weighted by molar-refractivity contribution is 6.32. The summed E-state index contributed by atoms with van der Waals surface area (Å²) in [6.45, 7) is 0. The minimum absolute atomic E-state index is 0.0685. The molecule has 0 heterocycles. The number of hydrazone groups is 1. The van der Waals surface area contributed by atoms with Gasteiger partial charge in [-0.05, 0) is 41.5 Å². The van der Waals surface area contributed by atoms with Crippen LogP contribution in [0.5, 0.6) is 5.75 Å². The van der Waals surface area contributed by atoms with Crippen LogP contribution in [0.25, 0.3) is 0 Å². The van der Waals surface area contributed by atoms with Crippen molar-refractivity contribution < 1.29 is 15.0 Å². The van der Waals surface area contributed by atoms with Gasteiger partial charge >= 0.3 is 0 Å². The molecule has 0 saturated heterocycles. The monoisotopic (exact) mass is 484 g/mol. The molecule has 3 N–H and O–H groups in total. The van der Waals surface area contributed by atoms with Crippen molar-refractivity contribution in [3.63, 3.8) is 0 Å². The summed E-state index contributed by atoms with van der Waals surface area (Å²) in [6.07, 6.45) is 1.26. The number of carbonyl (C=O) groups is 1. The zero-order valence-electron chi connectivity index (χ0n) is 18.4. The summed E-state index contributed by atoms with van der Waals surface area (Å²) in [5, 5.41) is 34.3. The Kier molecular flexibility index (Phi) is 7.30. The highest BCUT2D eigenvalue weighted by Crippen LogP contribution is 2.30. The maximum atomic E-state index is 13.1. The second kappa shape index (κ2) is 10.7. The van der Waals surface area contributed by atoms with Gasteiger partial charge < -0.3 is 10.2 Å². The van der Waals surface area contributed by atoms with Crippen LogP contribution in [-0.4, -0.2) is 22.3 Å². The van der Waals surface area contributed by atoms with Gasteiger partial charge in [0.1, 0.15) is 11.4 Å². The Morgan fingerprint density at radius 1 is 0.829 bits per heavy atom. The number of amides is 1. The van der Waals surface area contributed by atoms with Crippen molar-refractivity contribution in [3.05, 3.63) is 125 Å². The number of nitrogens with one attached hydrogen (secondary N) is 1. The van der Waals surface area contributed by atoms with E-state index in [9.17, 15) is 15.0 Å². The molecule has 4 aromatic carbocycles. The third-order valence-electron chi connectivity index (χ3n) is 5.22. The van der Waals surface area contributed by atoms with Crippen LogP contribution in [0, 0.1) is 0 Å². The van der Waals surface area contributed by atoms with E-state index in [2.05, 4.69) is 20.8 Å². The SMILES string of the molecule is O=C(N/N=C/c1cc(N=Nc2ccccc2Cl)ccc1O)C(O)(c1ccccc1)c1ccccc1. The standard InChI is InChI=1S/C27H21ClN4O3/c28-23-13-7-8-14-24(23)31-30-22-15-16-25(33)19(17-22)18-29-32-26(34)27(35,20-9-3-1-4-10-20)21-11-5-2-6-12-21/h1-18,33,35H,(H,32,34)/b29-18+,31-30?. The number of aromatic hydroxyl groups is 1. The van der Waals surface area contributed by atoms with Crippen LogP contribution < -0.4 is 5.43 Å². The summed E-state index contributed by atoms with van der Waals surface area (Å²) in [4.78, 5) is 13.1. The summed E-state index contributed by atoms with van der Waals surface area (Å²) in [5.41, 5.74) is 2.44. The van der Waals surface area contributed by atoms with Crippen molar-refractivity contribution in [1.82, 2.24) is 5.43 Å². The third-order valence-corrected chi connectivity index (χ3v) is 5.54. The molecule has 0 fully saturated rings. The number of phenols is 1. The smallest absolute Gasteiger partial charge is 0.281 e. The van der Waals surface area contributed by atoms with Crippen LogP contribution in [0.4, 0.5) is 11.4 Å². The average molecular weight is 485 g/mol. The van der Waals surface area contributed by atoms with E-state index < -0.39 is 11.5 Å². The lowest BCUT2D eigenvalue weighted by molar-refractivity contribution is -0.136. The quantitative estimate of drug-likeness (QED) is 0.174. The van der Waals surface area contributed by atoms with Crippen LogP contribution in [0.3, 0.4) is 0 Å². The number of carbonyl (C=O) groups excluding carboxylic acids is 1. The maximum absolute atomic E-state index is 13.1. The molecular formula is C27H21ClN4O3. The molecule has 0 aliphatic heterocycles. The van der Waals surface area contributed by atoms with Gasteiger partial charge in [0.05, 0.1) is 16.9 Å². The highest BCUT2D eigenvalue weighted by atomic mass is 35.5. The molecule has 0 saturated carbocycles. The summed E-state index contributed by atoms with van der Waals surface area (Å²) >= 11 is 6.09. The van der Waals surface area contributed by atoms with E-state index in [4.69, 9.17) is 11.6 Å². The normalized spacial score (nSPS) is 11.7. The molecule has 0 unspecified atom stereocenters. The first kappa shape index (κ1) is 23.8. The molecule has 8 heteroatoms. The van der Waals surface area contributed by atoms with E-state index in [0.29, 0.717) is 33.1 Å². The van der Waals surface area contributed by atoms with E-state index in [-0.39, 0.29) is 5.75 Å². The Balaban J connectivity index is 1.55. The van der Waals surface area contributed by atoms with Crippen LogP contribution >= 0.6 is 11.6 Å². The number of hydrogen-bond donors (Lipinski definition) is 3. The highest BCUT2D eigenvalue weighted by Gasteiger charge is 2.39. The van der Waals surface area contributed by atoms with Crippen LogP contribution in [-0.2, 0) is 10.4 Å². The van der Waals surface area contributed by atoms with Crippen LogP contribution in [0.1, 0.15) is 16.7 Å². The summed E-state index contributed by atoms with van der Waals surface area (Å²) < 4.78 is 0. The first-order chi connectivity index (χ1) is 17.0. The zero-order valence-corrected chi connectivity index (χ0v) is 19.2. The number of hydrogen-bond acceptors (Lipinski definition) is 6. The summed E-state index contributed by atoms with van der Waals surface area (Å²) in [5.74, 6) is -0.818. The number of phenolic OH excluding ortho intramolecular Hbond substituents is 1. The van der Waals surface area contributed by atoms with Crippen molar-refractivity contribution in [2.75, 3.05) is 0 Å². The second-order valence-electron chi connectivity index (χ2n) is 7.54. The summed E-state index contributed by atoms with van der Waals surface area (Å²) in [7, 11) is 0. The van der Waals surface area contributed by atoms with Gasteiger partial charge in [0, 0.05) is 5.56 Å². The molecule has 0 aliphatic carbocycles. The van der Waals surface area contributed by atoms with E-state index >= 15 is 0 Å². The van der Waals surface area contributed by atoms with Gasteiger partial charge in [-0.3, -0.25) is 4.79 Å². The molecular weight excluding hydrogens is 464 g/mol. The Morgan fingerprint density at radius 2 is 1.43 bits per heavy atom. The lowest BCUT2D eigenvalue weighted by atomic mass is 9.85. The van der Waals surface area contributed by atoms with Gasteiger partial charge in [-0.25, -0.2) is 5.43 Å². The van der Waals surface area contributed by atoms with Crippen LogP contribution in [0.2, 0.25) is 5.02 Å². The van der Waals surface area contributed by atoms with E-state index in [1.165, 1.54) is 12.3 Å². The summed E-state index contributed by atoms with van der Waals surface area (Å²) in [6, 6.07) is 28.8. The molecule has 4 rings (SSSR count). The molecule has 0 aromatic heterocycles. The number of halogens is 1. The molecule has 0 atom stereocenters. The fourth-order valence-electron chi connectivity index (χ4n) is 3.38. The Morgan fingerprint density at radius 3 is 2.06 bits per heavy atom. The largest absolute Gasteiger partial charge is 0.507 e. The molecule has 0 radical (unpaired) electrons. The molecule has 0 aliphatic rings. The molecule has 35 heavy (non-hydrogen) atoms. The minimum Gasteiger partial charge on any atom is -0.507 e. The van der Waals surface area contributed by atoms with Gasteiger partial charge in [-0.2, -0.15) is 10.2 Å². The zero-order chi connectivity index (χ0) is 24.7. The second-order valence-corrected chi connectivity index (χ2v) is 7.94. The van der Waals surface area contributed by atoms with Gasteiger partial charge in [0.25, 0.3) is 5.91 Å².